The molecule has 0 unspecified atom stereocenters. The van der Waals surface area contributed by atoms with Crippen molar-refractivity contribution in [3.8, 4) is 5.69 Å². The normalized spacial score (nSPS) is 14.4. The van der Waals surface area contributed by atoms with Gasteiger partial charge in [0, 0.05) is 13.1 Å². The summed E-state index contributed by atoms with van der Waals surface area (Å²) in [7, 11) is 0. The molecular formula is C21H18F3N3O3. The number of aromatic nitrogens is 2. The predicted octanol–water partition coefficient (Wildman–Crippen LogP) is 2.79. The molecule has 1 saturated heterocycles. The van der Waals surface area contributed by atoms with Gasteiger partial charge in [0.15, 0.2) is 0 Å². The summed E-state index contributed by atoms with van der Waals surface area (Å²) in [5.74, 6) is -0.269. The molecular weight excluding hydrogens is 399 g/mol. The number of alkyl halides is 3. The molecule has 156 valence electrons. The lowest BCUT2D eigenvalue weighted by atomic mass is 10.2. The van der Waals surface area contributed by atoms with Crippen LogP contribution in [0.1, 0.15) is 18.4 Å². The molecule has 2 heterocycles. The van der Waals surface area contributed by atoms with Gasteiger partial charge in [0.1, 0.15) is 6.54 Å². The van der Waals surface area contributed by atoms with E-state index in [1.54, 1.807) is 23.1 Å². The van der Waals surface area contributed by atoms with Crippen molar-refractivity contribution in [2.24, 2.45) is 0 Å². The minimum absolute atomic E-state index is 0.142. The molecule has 0 spiro atoms. The van der Waals surface area contributed by atoms with E-state index < -0.39 is 23.0 Å². The smallest absolute Gasteiger partial charge is 0.341 e. The van der Waals surface area contributed by atoms with E-state index in [0.29, 0.717) is 17.7 Å². The molecule has 1 amide bonds. The Morgan fingerprint density at radius 1 is 0.967 bits per heavy atom. The van der Waals surface area contributed by atoms with Crippen LogP contribution >= 0.6 is 0 Å². The van der Waals surface area contributed by atoms with Gasteiger partial charge in [0.05, 0.1) is 22.2 Å². The number of carbonyl (C=O) groups excluding carboxylic acids is 1. The summed E-state index contributed by atoms with van der Waals surface area (Å²) >= 11 is 0. The Balaban J connectivity index is 1.92. The Kier molecular flexibility index (Phi) is 4.97. The summed E-state index contributed by atoms with van der Waals surface area (Å²) in [6.07, 6.45) is -2.86. The van der Waals surface area contributed by atoms with E-state index in [0.717, 1.165) is 35.6 Å². The highest BCUT2D eigenvalue weighted by atomic mass is 19.4. The summed E-state index contributed by atoms with van der Waals surface area (Å²) in [5.41, 5.74) is -2.50. The second-order valence-electron chi connectivity index (χ2n) is 7.16. The number of carbonyl (C=O) groups is 1. The lowest BCUT2D eigenvalue weighted by molar-refractivity contribution is -0.137. The molecule has 0 aliphatic carbocycles. The minimum Gasteiger partial charge on any atom is -0.341 e. The van der Waals surface area contributed by atoms with Crippen molar-refractivity contribution in [1.82, 2.24) is 14.0 Å². The van der Waals surface area contributed by atoms with Crippen LogP contribution in [0.25, 0.3) is 16.6 Å². The number of amides is 1. The molecule has 3 aromatic rings. The molecule has 0 bridgehead atoms. The second-order valence-corrected chi connectivity index (χ2v) is 7.16. The molecule has 4 rings (SSSR count). The molecule has 1 aromatic heterocycles. The fourth-order valence-corrected chi connectivity index (χ4v) is 3.72. The van der Waals surface area contributed by atoms with Gasteiger partial charge in [-0.25, -0.2) is 9.36 Å². The first-order valence-corrected chi connectivity index (χ1v) is 9.47. The number of hydrogen-bond acceptors (Lipinski definition) is 3. The number of benzene rings is 2. The minimum atomic E-state index is -4.62. The van der Waals surface area contributed by atoms with Crippen molar-refractivity contribution in [3.63, 3.8) is 0 Å². The van der Waals surface area contributed by atoms with E-state index in [1.807, 2.05) is 0 Å². The zero-order valence-corrected chi connectivity index (χ0v) is 15.9. The van der Waals surface area contributed by atoms with E-state index in [-0.39, 0.29) is 29.0 Å². The maximum atomic E-state index is 13.2. The van der Waals surface area contributed by atoms with E-state index in [2.05, 4.69) is 0 Å². The number of fused-ring (bicyclic) bond motifs is 1. The molecule has 0 radical (unpaired) electrons. The van der Waals surface area contributed by atoms with Crippen LogP contribution in [0.2, 0.25) is 0 Å². The number of para-hydroxylation sites is 1. The summed E-state index contributed by atoms with van der Waals surface area (Å²) < 4.78 is 41.3. The van der Waals surface area contributed by atoms with Gasteiger partial charge in [-0.2, -0.15) is 13.2 Å². The van der Waals surface area contributed by atoms with Crippen molar-refractivity contribution in [2.45, 2.75) is 25.6 Å². The van der Waals surface area contributed by atoms with Gasteiger partial charge in [-0.3, -0.25) is 14.2 Å². The number of halogens is 3. The zero-order valence-electron chi connectivity index (χ0n) is 15.9. The number of likely N-dealkylation sites (tertiary alicyclic amines) is 1. The van der Waals surface area contributed by atoms with Gasteiger partial charge in [0.25, 0.3) is 5.56 Å². The molecule has 0 atom stereocenters. The predicted molar refractivity (Wildman–Crippen MR) is 105 cm³/mol. The first-order valence-electron chi connectivity index (χ1n) is 9.47. The molecule has 0 N–H and O–H groups in total. The third-order valence-electron chi connectivity index (χ3n) is 5.23. The topological polar surface area (TPSA) is 64.3 Å². The van der Waals surface area contributed by atoms with Gasteiger partial charge in [-0.15, -0.1) is 0 Å². The standard InChI is InChI=1S/C21H18F3N3O3/c22-21(23,24)14-6-5-7-15(12-14)27-19(29)16-8-1-2-9-17(16)26(20(27)30)13-18(28)25-10-3-4-11-25/h1-2,5-9,12H,3-4,10-11,13H2. The molecule has 0 saturated carbocycles. The molecule has 6 nitrogen and oxygen atoms in total. The molecule has 30 heavy (non-hydrogen) atoms. The highest BCUT2D eigenvalue weighted by Crippen LogP contribution is 2.30. The number of nitrogens with zero attached hydrogens (tertiary/aromatic N) is 3. The summed E-state index contributed by atoms with van der Waals surface area (Å²) in [5, 5.41) is 0.142. The molecule has 2 aromatic carbocycles. The van der Waals surface area contributed by atoms with E-state index in [4.69, 9.17) is 0 Å². The molecule has 1 aliphatic heterocycles. The third-order valence-corrected chi connectivity index (χ3v) is 5.23. The van der Waals surface area contributed by atoms with Crippen molar-refractivity contribution in [2.75, 3.05) is 13.1 Å². The SMILES string of the molecule is O=C(Cn1c(=O)n(-c2cccc(C(F)(F)F)c2)c(=O)c2ccccc21)N1CCCC1. The maximum Gasteiger partial charge on any atom is 0.416 e. The Bertz CT molecular complexity index is 1240. The Morgan fingerprint density at radius 3 is 2.37 bits per heavy atom. The van der Waals surface area contributed by atoms with E-state index >= 15 is 0 Å². The average Bonchev–Trinajstić information content (AvgIpc) is 3.26. The summed E-state index contributed by atoms with van der Waals surface area (Å²) in [6, 6.07) is 10.3. The van der Waals surface area contributed by atoms with Gasteiger partial charge in [-0.05, 0) is 43.2 Å². The van der Waals surface area contributed by atoms with Crippen molar-refractivity contribution in [3.05, 3.63) is 74.9 Å². The first-order chi connectivity index (χ1) is 14.3. The van der Waals surface area contributed by atoms with Crippen LogP contribution in [0, 0.1) is 0 Å². The fourth-order valence-electron chi connectivity index (χ4n) is 3.72. The highest BCUT2D eigenvalue weighted by Gasteiger charge is 2.31. The van der Waals surface area contributed by atoms with E-state index in [9.17, 15) is 27.6 Å². The lowest BCUT2D eigenvalue weighted by Crippen LogP contribution is -2.42. The lowest BCUT2D eigenvalue weighted by Gasteiger charge is -2.18. The largest absolute Gasteiger partial charge is 0.416 e. The Morgan fingerprint density at radius 2 is 1.67 bits per heavy atom. The van der Waals surface area contributed by atoms with Crippen LogP contribution in [-0.4, -0.2) is 33.0 Å². The Labute approximate surface area is 168 Å². The van der Waals surface area contributed by atoms with Gasteiger partial charge in [-0.1, -0.05) is 18.2 Å². The maximum absolute atomic E-state index is 13.2. The molecule has 9 heteroatoms. The molecule has 1 aliphatic rings. The number of rotatable bonds is 3. The van der Waals surface area contributed by atoms with Gasteiger partial charge >= 0.3 is 11.9 Å². The van der Waals surface area contributed by atoms with Crippen LogP contribution in [0.15, 0.2) is 58.1 Å². The molecule has 1 fully saturated rings. The third kappa shape index (κ3) is 3.51. The van der Waals surface area contributed by atoms with Crippen LogP contribution in [0.4, 0.5) is 13.2 Å². The quantitative estimate of drug-likeness (QED) is 0.658. The van der Waals surface area contributed by atoms with Crippen LogP contribution in [0.5, 0.6) is 0 Å². The fraction of sp³-hybridized carbons (Fsp3) is 0.286. The second kappa shape index (κ2) is 7.47. The van der Waals surface area contributed by atoms with E-state index in [1.165, 1.54) is 12.1 Å². The van der Waals surface area contributed by atoms with Gasteiger partial charge < -0.3 is 4.90 Å². The monoisotopic (exact) mass is 417 g/mol. The van der Waals surface area contributed by atoms with Crippen molar-refractivity contribution < 1.29 is 18.0 Å². The van der Waals surface area contributed by atoms with Crippen molar-refractivity contribution >= 4 is 16.8 Å². The van der Waals surface area contributed by atoms with Crippen LogP contribution < -0.4 is 11.2 Å². The average molecular weight is 417 g/mol. The summed E-state index contributed by atoms with van der Waals surface area (Å²) in [4.78, 5) is 40.5. The number of hydrogen-bond donors (Lipinski definition) is 0. The zero-order chi connectivity index (χ0) is 21.5. The highest BCUT2D eigenvalue weighted by molar-refractivity contribution is 5.82. The Hall–Kier alpha value is -3.36. The van der Waals surface area contributed by atoms with Crippen LogP contribution in [0.3, 0.4) is 0 Å². The first kappa shape index (κ1) is 19.9. The van der Waals surface area contributed by atoms with Gasteiger partial charge in [0.2, 0.25) is 5.91 Å². The van der Waals surface area contributed by atoms with Crippen molar-refractivity contribution in [1.29, 1.82) is 0 Å². The summed E-state index contributed by atoms with van der Waals surface area (Å²) in [6.45, 7) is 0.899. The van der Waals surface area contributed by atoms with Crippen LogP contribution in [-0.2, 0) is 17.5 Å².